The summed E-state index contributed by atoms with van der Waals surface area (Å²) in [6, 6.07) is 10.5. The number of rotatable bonds is 5. The first-order valence-corrected chi connectivity index (χ1v) is 7.51. The Morgan fingerprint density at radius 2 is 1.57 bits per heavy atom. The van der Waals surface area contributed by atoms with Crippen molar-refractivity contribution in [2.45, 2.75) is 65.7 Å². The Balaban J connectivity index is 0.000000423. The molecule has 2 atom stereocenters. The van der Waals surface area contributed by atoms with E-state index in [9.17, 15) is 18.3 Å². The van der Waals surface area contributed by atoms with Crippen molar-refractivity contribution < 1.29 is 18.3 Å². The fourth-order valence-electron chi connectivity index (χ4n) is 2.18. The maximum absolute atomic E-state index is 12.6. The van der Waals surface area contributed by atoms with Crippen molar-refractivity contribution in [3.8, 4) is 0 Å². The largest absolute Gasteiger partial charge is 0.396 e. The second kappa shape index (κ2) is 9.08. The van der Waals surface area contributed by atoms with E-state index >= 15 is 0 Å². The molecule has 0 fully saturated rings. The number of aryl methyl sites for hydroxylation is 1. The second-order valence-corrected chi connectivity index (χ2v) is 5.43. The Morgan fingerprint density at radius 1 is 1.05 bits per heavy atom. The number of halogens is 3. The van der Waals surface area contributed by atoms with Crippen molar-refractivity contribution in [3.05, 3.63) is 35.9 Å². The van der Waals surface area contributed by atoms with Crippen LogP contribution in [0.15, 0.2) is 30.3 Å². The summed E-state index contributed by atoms with van der Waals surface area (Å²) in [6.45, 7) is 6.50. The Bertz CT molecular complexity index is 375. The average Bonchev–Trinajstić information content (AvgIpc) is 2.46. The molecule has 0 heterocycles. The van der Waals surface area contributed by atoms with Gasteiger partial charge in [0.05, 0.1) is 11.5 Å². The van der Waals surface area contributed by atoms with Crippen molar-refractivity contribution in [2.24, 2.45) is 5.41 Å². The summed E-state index contributed by atoms with van der Waals surface area (Å²) in [6.07, 6.45) is -3.94. The van der Waals surface area contributed by atoms with E-state index in [1.54, 1.807) is 13.8 Å². The molecule has 0 aliphatic carbocycles. The first kappa shape index (κ1) is 20.0. The van der Waals surface area contributed by atoms with Crippen LogP contribution < -0.4 is 0 Å². The maximum atomic E-state index is 12.6. The van der Waals surface area contributed by atoms with Gasteiger partial charge < -0.3 is 5.11 Å². The van der Waals surface area contributed by atoms with Crippen LogP contribution in [0.4, 0.5) is 13.2 Å². The number of benzene rings is 1. The fraction of sp³-hybridized carbons (Fsp3) is 0.647. The molecule has 0 saturated heterocycles. The fourth-order valence-corrected chi connectivity index (χ4v) is 2.18. The quantitative estimate of drug-likeness (QED) is 0.775. The molecule has 1 aromatic carbocycles. The van der Waals surface area contributed by atoms with E-state index in [0.717, 1.165) is 13.3 Å². The molecule has 0 bridgehead atoms. The van der Waals surface area contributed by atoms with Crippen molar-refractivity contribution in [3.63, 3.8) is 0 Å². The highest BCUT2D eigenvalue weighted by atomic mass is 19.4. The van der Waals surface area contributed by atoms with Gasteiger partial charge >= 0.3 is 6.18 Å². The molecule has 1 aromatic rings. The van der Waals surface area contributed by atoms with Crippen molar-refractivity contribution in [2.75, 3.05) is 0 Å². The van der Waals surface area contributed by atoms with Gasteiger partial charge in [0, 0.05) is 0 Å². The number of alkyl halides is 3. The standard InChI is InChI=1S/C9H17F3O.C8H10/c1-4-6-8(3,7(13)5-2)9(10,11)12;1-2-8-6-4-3-5-7-8/h7,13H,4-6H2,1-3H3;3-7H,2H2,1H3. The minimum Gasteiger partial charge on any atom is -0.392 e. The van der Waals surface area contributed by atoms with Crippen LogP contribution >= 0.6 is 0 Å². The molecule has 0 aliphatic heterocycles. The molecule has 1 rings (SSSR count). The third-order valence-corrected chi connectivity index (χ3v) is 3.79. The Kier molecular flexibility index (Phi) is 8.64. The molecule has 0 aromatic heterocycles. The third kappa shape index (κ3) is 6.08. The third-order valence-electron chi connectivity index (χ3n) is 3.79. The van der Waals surface area contributed by atoms with E-state index < -0.39 is 17.7 Å². The lowest BCUT2D eigenvalue weighted by atomic mass is 9.78. The molecule has 1 N–H and O–H groups in total. The van der Waals surface area contributed by atoms with Crippen molar-refractivity contribution >= 4 is 0 Å². The SMILES string of the molecule is CCCC(C)(C(O)CC)C(F)(F)F.CCc1ccccc1. The summed E-state index contributed by atoms with van der Waals surface area (Å²) in [7, 11) is 0. The van der Waals surface area contributed by atoms with Gasteiger partial charge in [0.1, 0.15) is 0 Å². The van der Waals surface area contributed by atoms with Gasteiger partial charge in [0.15, 0.2) is 0 Å². The smallest absolute Gasteiger partial charge is 0.392 e. The van der Waals surface area contributed by atoms with Crippen LogP contribution in [0.5, 0.6) is 0 Å². The van der Waals surface area contributed by atoms with Gasteiger partial charge in [0.25, 0.3) is 0 Å². The summed E-state index contributed by atoms with van der Waals surface area (Å²) in [5, 5.41) is 9.32. The number of aliphatic hydroxyl groups is 1. The summed E-state index contributed by atoms with van der Waals surface area (Å²) in [5.41, 5.74) is -0.538. The minimum absolute atomic E-state index is 0.0223. The van der Waals surface area contributed by atoms with Crippen molar-refractivity contribution in [1.29, 1.82) is 0 Å². The van der Waals surface area contributed by atoms with Gasteiger partial charge in [-0.25, -0.2) is 0 Å². The molecular weight excluding hydrogens is 277 g/mol. The van der Waals surface area contributed by atoms with Gasteiger partial charge in [-0.3, -0.25) is 0 Å². The molecule has 0 amide bonds. The number of aliphatic hydroxyl groups excluding tert-OH is 1. The van der Waals surface area contributed by atoms with Crippen LogP contribution in [0.1, 0.15) is 52.5 Å². The Labute approximate surface area is 126 Å². The van der Waals surface area contributed by atoms with Crippen LogP contribution in [-0.4, -0.2) is 17.4 Å². The van der Waals surface area contributed by atoms with E-state index in [4.69, 9.17) is 0 Å². The molecular formula is C17H27F3O. The monoisotopic (exact) mass is 304 g/mol. The van der Waals surface area contributed by atoms with E-state index in [1.807, 2.05) is 6.07 Å². The van der Waals surface area contributed by atoms with E-state index in [2.05, 4.69) is 31.2 Å². The average molecular weight is 304 g/mol. The molecule has 0 spiro atoms. The summed E-state index contributed by atoms with van der Waals surface area (Å²) < 4.78 is 37.7. The lowest BCUT2D eigenvalue weighted by molar-refractivity contribution is -0.251. The zero-order valence-corrected chi connectivity index (χ0v) is 13.4. The van der Waals surface area contributed by atoms with Crippen LogP contribution in [-0.2, 0) is 6.42 Å². The topological polar surface area (TPSA) is 20.2 Å². The highest BCUT2D eigenvalue weighted by Crippen LogP contribution is 2.45. The molecule has 21 heavy (non-hydrogen) atoms. The second-order valence-electron chi connectivity index (χ2n) is 5.43. The normalized spacial score (nSPS) is 15.6. The zero-order chi connectivity index (χ0) is 16.5. The summed E-state index contributed by atoms with van der Waals surface area (Å²) in [4.78, 5) is 0. The molecule has 0 aliphatic rings. The van der Waals surface area contributed by atoms with Gasteiger partial charge in [0.2, 0.25) is 0 Å². The predicted octanol–water partition coefficient (Wildman–Crippen LogP) is 5.38. The van der Waals surface area contributed by atoms with Gasteiger partial charge in [-0.2, -0.15) is 13.2 Å². The highest BCUT2D eigenvalue weighted by molar-refractivity contribution is 5.13. The maximum Gasteiger partial charge on any atom is 0.396 e. The molecule has 2 unspecified atom stereocenters. The van der Waals surface area contributed by atoms with Crippen LogP contribution in [0.2, 0.25) is 0 Å². The number of hydrogen-bond acceptors (Lipinski definition) is 1. The van der Waals surface area contributed by atoms with Gasteiger partial charge in [-0.1, -0.05) is 57.5 Å². The van der Waals surface area contributed by atoms with Crippen molar-refractivity contribution in [1.82, 2.24) is 0 Å². The predicted molar refractivity (Wildman–Crippen MR) is 81.2 cm³/mol. The minimum atomic E-state index is -4.32. The number of hydrogen-bond donors (Lipinski definition) is 1. The molecule has 1 nitrogen and oxygen atoms in total. The molecule has 0 saturated carbocycles. The van der Waals surface area contributed by atoms with Gasteiger partial charge in [-0.05, 0) is 31.7 Å². The lowest BCUT2D eigenvalue weighted by Crippen LogP contribution is -2.44. The van der Waals surface area contributed by atoms with Gasteiger partial charge in [-0.15, -0.1) is 0 Å². The van der Waals surface area contributed by atoms with E-state index in [0.29, 0.717) is 6.42 Å². The van der Waals surface area contributed by atoms with E-state index in [1.165, 1.54) is 5.56 Å². The summed E-state index contributed by atoms with van der Waals surface area (Å²) >= 11 is 0. The Morgan fingerprint density at radius 3 is 1.86 bits per heavy atom. The Hall–Kier alpha value is -1.03. The van der Waals surface area contributed by atoms with E-state index in [-0.39, 0.29) is 12.8 Å². The highest BCUT2D eigenvalue weighted by Gasteiger charge is 2.54. The lowest BCUT2D eigenvalue weighted by Gasteiger charge is -2.35. The first-order chi connectivity index (χ1) is 9.72. The first-order valence-electron chi connectivity index (χ1n) is 7.51. The molecule has 4 heteroatoms. The van der Waals surface area contributed by atoms with Crippen LogP contribution in [0.3, 0.4) is 0 Å². The zero-order valence-electron chi connectivity index (χ0n) is 13.4. The summed E-state index contributed by atoms with van der Waals surface area (Å²) in [5.74, 6) is 0. The molecule has 0 radical (unpaired) electrons. The van der Waals surface area contributed by atoms with Crippen LogP contribution in [0.25, 0.3) is 0 Å². The van der Waals surface area contributed by atoms with Crippen LogP contribution in [0, 0.1) is 5.41 Å². The molecule has 122 valence electrons.